The number of phenols is 1. The molecule has 0 aliphatic heterocycles. The summed E-state index contributed by atoms with van der Waals surface area (Å²) in [6.45, 7) is 3.64. The van der Waals surface area contributed by atoms with Crippen LogP contribution >= 0.6 is 0 Å². The number of aliphatic hydroxyl groups excluding tert-OH is 1. The number of aryl methyl sites for hydroxylation is 2. The van der Waals surface area contributed by atoms with Crippen LogP contribution in [-0.4, -0.2) is 16.3 Å². The zero-order valence-electron chi connectivity index (χ0n) is 11.9. The largest absolute Gasteiger partial charge is 0.507 e. The third-order valence-electron chi connectivity index (χ3n) is 3.57. The highest BCUT2D eigenvalue weighted by Gasteiger charge is 2.19. The van der Waals surface area contributed by atoms with E-state index in [2.05, 4.69) is 0 Å². The van der Waals surface area contributed by atoms with Gasteiger partial charge in [-0.1, -0.05) is 30.3 Å². The molecule has 0 heterocycles. The van der Waals surface area contributed by atoms with E-state index in [1.54, 1.807) is 12.1 Å². The minimum absolute atomic E-state index is 0.276. The molecule has 0 aliphatic carbocycles. The SMILES string of the molecule is Cc1cc(C(O)C(N)Cc2ccccc2)cc(C)c1O. The molecule has 20 heavy (non-hydrogen) atoms. The number of aliphatic hydroxyl groups is 1. The predicted octanol–water partition coefficient (Wildman–Crippen LogP) is 2.61. The average molecular weight is 271 g/mol. The number of phenolic OH excluding ortho intramolecular Hbond substituents is 1. The van der Waals surface area contributed by atoms with Crippen molar-refractivity contribution < 1.29 is 10.2 Å². The summed E-state index contributed by atoms with van der Waals surface area (Å²) in [5, 5.41) is 20.2. The van der Waals surface area contributed by atoms with Crippen LogP contribution in [0.25, 0.3) is 0 Å². The molecule has 2 aromatic carbocycles. The summed E-state index contributed by atoms with van der Waals surface area (Å²) >= 11 is 0. The van der Waals surface area contributed by atoms with E-state index in [1.165, 1.54) is 0 Å². The van der Waals surface area contributed by atoms with E-state index in [0.29, 0.717) is 6.42 Å². The first-order chi connectivity index (χ1) is 9.49. The highest BCUT2D eigenvalue weighted by Crippen LogP contribution is 2.27. The molecule has 2 atom stereocenters. The normalized spacial score (nSPS) is 14.0. The van der Waals surface area contributed by atoms with Crippen molar-refractivity contribution in [3.63, 3.8) is 0 Å². The number of hydrogen-bond donors (Lipinski definition) is 3. The van der Waals surface area contributed by atoms with Crippen LogP contribution in [0.1, 0.15) is 28.4 Å². The maximum Gasteiger partial charge on any atom is 0.121 e. The third-order valence-corrected chi connectivity index (χ3v) is 3.57. The van der Waals surface area contributed by atoms with Gasteiger partial charge in [-0.2, -0.15) is 0 Å². The molecule has 0 amide bonds. The third kappa shape index (κ3) is 3.18. The summed E-state index contributed by atoms with van der Waals surface area (Å²) in [4.78, 5) is 0. The summed E-state index contributed by atoms with van der Waals surface area (Å²) in [5.41, 5.74) is 9.47. The van der Waals surface area contributed by atoms with Crippen LogP contribution in [0.5, 0.6) is 5.75 Å². The Morgan fingerprint density at radius 1 is 1.05 bits per heavy atom. The molecule has 0 aliphatic rings. The lowest BCUT2D eigenvalue weighted by molar-refractivity contribution is 0.146. The van der Waals surface area contributed by atoms with Gasteiger partial charge in [0.05, 0.1) is 6.10 Å². The van der Waals surface area contributed by atoms with Gasteiger partial charge in [0.2, 0.25) is 0 Å². The van der Waals surface area contributed by atoms with Crippen LogP contribution in [0.4, 0.5) is 0 Å². The zero-order chi connectivity index (χ0) is 14.7. The van der Waals surface area contributed by atoms with Crippen molar-refractivity contribution in [3.8, 4) is 5.75 Å². The summed E-state index contributed by atoms with van der Waals surface area (Å²) in [5.74, 6) is 0.276. The zero-order valence-corrected chi connectivity index (χ0v) is 11.9. The van der Waals surface area contributed by atoms with Crippen LogP contribution in [0.15, 0.2) is 42.5 Å². The second kappa shape index (κ2) is 6.07. The van der Waals surface area contributed by atoms with Crippen molar-refractivity contribution in [3.05, 3.63) is 64.7 Å². The quantitative estimate of drug-likeness (QED) is 0.800. The number of rotatable bonds is 4. The van der Waals surface area contributed by atoms with Crippen LogP contribution in [0.3, 0.4) is 0 Å². The number of nitrogens with two attached hydrogens (primary N) is 1. The predicted molar refractivity (Wildman–Crippen MR) is 80.7 cm³/mol. The molecule has 3 heteroatoms. The highest BCUT2D eigenvalue weighted by atomic mass is 16.3. The number of benzene rings is 2. The van der Waals surface area contributed by atoms with Crippen LogP contribution < -0.4 is 5.73 Å². The van der Waals surface area contributed by atoms with Gasteiger partial charge in [-0.3, -0.25) is 0 Å². The van der Waals surface area contributed by atoms with Crippen molar-refractivity contribution in [2.75, 3.05) is 0 Å². The van der Waals surface area contributed by atoms with Gasteiger partial charge in [-0.25, -0.2) is 0 Å². The lowest BCUT2D eigenvalue weighted by Crippen LogP contribution is -2.30. The van der Waals surface area contributed by atoms with Crippen molar-refractivity contribution in [2.24, 2.45) is 5.73 Å². The summed E-state index contributed by atoms with van der Waals surface area (Å²) in [6, 6.07) is 13.1. The van der Waals surface area contributed by atoms with E-state index in [9.17, 15) is 10.2 Å². The Morgan fingerprint density at radius 2 is 1.60 bits per heavy atom. The smallest absolute Gasteiger partial charge is 0.121 e. The Kier molecular flexibility index (Phi) is 4.42. The van der Waals surface area contributed by atoms with Crippen molar-refractivity contribution in [1.29, 1.82) is 0 Å². The van der Waals surface area contributed by atoms with E-state index in [0.717, 1.165) is 22.3 Å². The molecular weight excluding hydrogens is 250 g/mol. The van der Waals surface area contributed by atoms with Gasteiger partial charge in [-0.15, -0.1) is 0 Å². The van der Waals surface area contributed by atoms with Gasteiger partial charge < -0.3 is 15.9 Å². The molecular formula is C17H21NO2. The fourth-order valence-corrected chi connectivity index (χ4v) is 2.41. The fraction of sp³-hybridized carbons (Fsp3) is 0.294. The molecule has 0 fully saturated rings. The molecule has 0 bridgehead atoms. The molecule has 0 saturated heterocycles. The fourth-order valence-electron chi connectivity index (χ4n) is 2.41. The second-order valence-electron chi connectivity index (χ2n) is 5.30. The molecule has 2 unspecified atom stereocenters. The topological polar surface area (TPSA) is 66.5 Å². The Bertz CT molecular complexity index is 558. The first kappa shape index (κ1) is 14.6. The van der Waals surface area contributed by atoms with Gasteiger partial charge >= 0.3 is 0 Å². The van der Waals surface area contributed by atoms with E-state index in [4.69, 9.17) is 5.73 Å². The number of hydrogen-bond acceptors (Lipinski definition) is 3. The average Bonchev–Trinajstić information content (AvgIpc) is 2.44. The summed E-state index contributed by atoms with van der Waals surface area (Å²) in [6.07, 6.45) is -0.130. The molecule has 4 N–H and O–H groups in total. The van der Waals surface area contributed by atoms with Crippen molar-refractivity contribution >= 4 is 0 Å². The van der Waals surface area contributed by atoms with Crippen LogP contribution in [0.2, 0.25) is 0 Å². The standard InChI is InChI=1S/C17H21NO2/c1-11-8-14(9-12(2)16(11)19)17(20)15(18)10-13-6-4-3-5-7-13/h3-9,15,17,19-20H,10,18H2,1-2H3. The Hall–Kier alpha value is -1.84. The molecule has 0 aromatic heterocycles. The Balaban J connectivity index is 2.16. The Labute approximate surface area is 119 Å². The van der Waals surface area contributed by atoms with Gasteiger partial charge in [-0.05, 0) is 54.7 Å². The second-order valence-corrected chi connectivity index (χ2v) is 5.30. The molecule has 2 rings (SSSR count). The van der Waals surface area contributed by atoms with E-state index in [-0.39, 0.29) is 11.8 Å². The maximum absolute atomic E-state index is 10.4. The minimum Gasteiger partial charge on any atom is -0.507 e. The van der Waals surface area contributed by atoms with Gasteiger partial charge in [0.1, 0.15) is 5.75 Å². The molecule has 0 saturated carbocycles. The van der Waals surface area contributed by atoms with Crippen molar-refractivity contribution in [2.45, 2.75) is 32.4 Å². The molecule has 2 aromatic rings. The van der Waals surface area contributed by atoms with E-state index in [1.807, 2.05) is 44.2 Å². The first-order valence-electron chi connectivity index (χ1n) is 6.76. The lowest BCUT2D eigenvalue weighted by atomic mass is 9.94. The van der Waals surface area contributed by atoms with Crippen molar-refractivity contribution in [1.82, 2.24) is 0 Å². The minimum atomic E-state index is -0.742. The Morgan fingerprint density at radius 3 is 2.15 bits per heavy atom. The van der Waals surface area contributed by atoms with E-state index < -0.39 is 6.10 Å². The van der Waals surface area contributed by atoms with Crippen LogP contribution in [-0.2, 0) is 6.42 Å². The molecule has 0 spiro atoms. The lowest BCUT2D eigenvalue weighted by Gasteiger charge is -2.20. The number of aromatic hydroxyl groups is 1. The van der Waals surface area contributed by atoms with E-state index >= 15 is 0 Å². The molecule has 106 valence electrons. The first-order valence-corrected chi connectivity index (χ1v) is 6.76. The highest BCUT2D eigenvalue weighted by molar-refractivity contribution is 5.43. The van der Waals surface area contributed by atoms with Gasteiger partial charge in [0.25, 0.3) is 0 Å². The van der Waals surface area contributed by atoms with Crippen LogP contribution in [0, 0.1) is 13.8 Å². The van der Waals surface area contributed by atoms with Gasteiger partial charge in [0, 0.05) is 6.04 Å². The monoisotopic (exact) mass is 271 g/mol. The van der Waals surface area contributed by atoms with Gasteiger partial charge in [0.15, 0.2) is 0 Å². The molecule has 0 radical (unpaired) electrons. The summed E-state index contributed by atoms with van der Waals surface area (Å²) < 4.78 is 0. The maximum atomic E-state index is 10.4. The summed E-state index contributed by atoms with van der Waals surface area (Å²) in [7, 11) is 0. The molecule has 3 nitrogen and oxygen atoms in total.